The fraction of sp³-hybridized carbons (Fsp3) is 0.565. The first-order valence-electron chi connectivity index (χ1n) is 12.5. The van der Waals surface area contributed by atoms with E-state index in [0.717, 1.165) is 4.68 Å². The first kappa shape index (κ1) is 28.5. The molecule has 1 amide bonds. The van der Waals surface area contributed by atoms with E-state index in [2.05, 4.69) is 20.0 Å². The fourth-order valence-corrected chi connectivity index (χ4v) is 6.66. The third kappa shape index (κ3) is 5.58. The van der Waals surface area contributed by atoms with E-state index >= 15 is 0 Å². The van der Waals surface area contributed by atoms with Gasteiger partial charge in [0.1, 0.15) is 0 Å². The van der Waals surface area contributed by atoms with Crippen LogP contribution >= 0.6 is 11.3 Å². The zero-order valence-electron chi connectivity index (χ0n) is 21.8. The molecule has 1 aliphatic heterocycles. The highest BCUT2D eigenvalue weighted by Crippen LogP contribution is 2.41. The maximum absolute atomic E-state index is 13.5. The third-order valence-electron chi connectivity index (χ3n) is 6.82. The van der Waals surface area contributed by atoms with Crippen LogP contribution in [0.4, 0.5) is 23.2 Å². The molecule has 11 nitrogen and oxygen atoms in total. The lowest BCUT2D eigenvalue weighted by atomic mass is 10.1. The number of nitrogens with one attached hydrogen (secondary N) is 1. The molecule has 2 fully saturated rings. The van der Waals surface area contributed by atoms with Crippen molar-refractivity contribution >= 4 is 43.9 Å². The molecular formula is C23H27F4N7O4S2. The van der Waals surface area contributed by atoms with Gasteiger partial charge in [-0.2, -0.15) is 8.78 Å². The summed E-state index contributed by atoms with van der Waals surface area (Å²) in [5.74, 6) is -0.778. The van der Waals surface area contributed by atoms with Crippen LogP contribution in [0.15, 0.2) is 17.0 Å². The molecule has 0 atom stereocenters. The molecule has 1 saturated heterocycles. The molecule has 5 rings (SSSR count). The number of anilines is 1. The van der Waals surface area contributed by atoms with Crippen molar-refractivity contribution in [3.8, 4) is 11.0 Å². The van der Waals surface area contributed by atoms with Gasteiger partial charge in [0.25, 0.3) is 6.43 Å². The molecule has 0 radical (unpaired) electrons. The second-order valence-corrected chi connectivity index (χ2v) is 13.0. The summed E-state index contributed by atoms with van der Waals surface area (Å²) in [7, 11) is -4.09. The Labute approximate surface area is 231 Å². The molecule has 1 N–H and O–H groups in total. The number of aromatic nitrogens is 4. The van der Waals surface area contributed by atoms with Gasteiger partial charge in [-0.25, -0.2) is 26.6 Å². The topological polar surface area (TPSA) is 123 Å². The predicted octanol–water partition coefficient (Wildman–Crippen LogP) is 3.55. The van der Waals surface area contributed by atoms with Crippen molar-refractivity contribution in [2.45, 2.75) is 57.1 Å². The number of hydrogen-bond donors (Lipinski definition) is 1. The van der Waals surface area contributed by atoms with Crippen LogP contribution in [0.25, 0.3) is 16.0 Å². The number of piperazine rings is 1. The van der Waals surface area contributed by atoms with Gasteiger partial charge >= 0.3 is 6.61 Å². The van der Waals surface area contributed by atoms with Gasteiger partial charge in [-0.1, -0.05) is 25.2 Å². The number of benzene rings is 1. The van der Waals surface area contributed by atoms with Gasteiger partial charge in [-0.05, 0) is 31.9 Å². The Morgan fingerprint density at radius 3 is 2.33 bits per heavy atom. The number of carbonyl (C=O) groups is 1. The van der Waals surface area contributed by atoms with Crippen LogP contribution in [0.1, 0.15) is 45.0 Å². The Kier molecular flexibility index (Phi) is 7.41. The summed E-state index contributed by atoms with van der Waals surface area (Å²) < 4.78 is 88.6. The SMILES string of the molecule is CC(C)C(=O)N1CCN(c2cc(S(=O)(=O)NC3(C)CC3)cc3c2c(OC(F)F)nn3-c2nnc(C(F)F)s2)CC1. The van der Waals surface area contributed by atoms with E-state index in [0.29, 0.717) is 37.3 Å². The van der Waals surface area contributed by atoms with Crippen LogP contribution in [0, 0.1) is 5.92 Å². The van der Waals surface area contributed by atoms with Crippen molar-refractivity contribution in [3.63, 3.8) is 0 Å². The quantitative estimate of drug-likeness (QED) is 0.368. The number of fused-ring (bicyclic) bond motifs is 1. The van der Waals surface area contributed by atoms with E-state index in [1.165, 1.54) is 12.1 Å². The van der Waals surface area contributed by atoms with Crippen molar-refractivity contribution in [2.24, 2.45) is 5.92 Å². The van der Waals surface area contributed by atoms with E-state index in [9.17, 15) is 30.8 Å². The van der Waals surface area contributed by atoms with Crippen molar-refractivity contribution in [3.05, 3.63) is 17.1 Å². The summed E-state index contributed by atoms with van der Waals surface area (Å²) in [5, 5.41) is 10.5. The standard InChI is InChI=1S/C23H27F4N7O4S2/c1-12(2)20(35)33-8-6-32(7-9-33)14-10-13(40(36,37)31-23(3)4-5-23)11-15-16(14)18(38-21(26)27)30-34(15)22-29-28-19(39-22)17(24)25/h10-12,17,21,31H,4-9H2,1-3H3. The zero-order chi connectivity index (χ0) is 29.0. The third-order valence-corrected chi connectivity index (χ3v) is 9.34. The van der Waals surface area contributed by atoms with Crippen LogP contribution in [0.2, 0.25) is 0 Å². The number of ether oxygens (including phenoxy) is 1. The number of amides is 1. The summed E-state index contributed by atoms with van der Waals surface area (Å²) in [6.45, 7) is 3.25. The first-order chi connectivity index (χ1) is 18.8. The largest absolute Gasteiger partial charge is 0.415 e. The fourth-order valence-electron chi connectivity index (χ4n) is 4.49. The molecule has 0 bridgehead atoms. The lowest BCUT2D eigenvalue weighted by Gasteiger charge is -2.37. The molecule has 17 heteroatoms. The highest BCUT2D eigenvalue weighted by atomic mass is 32.2. The average molecular weight is 606 g/mol. The minimum absolute atomic E-state index is 0.00660. The predicted molar refractivity (Wildman–Crippen MR) is 138 cm³/mol. The van der Waals surface area contributed by atoms with Gasteiger partial charge in [0, 0.05) is 37.6 Å². The first-order valence-corrected chi connectivity index (χ1v) is 14.8. The maximum Gasteiger partial charge on any atom is 0.388 e. The molecule has 218 valence electrons. The Bertz CT molecular complexity index is 1530. The highest BCUT2D eigenvalue weighted by molar-refractivity contribution is 7.89. The molecule has 2 aliphatic rings. The Morgan fingerprint density at radius 2 is 1.77 bits per heavy atom. The smallest absolute Gasteiger partial charge is 0.388 e. The maximum atomic E-state index is 13.5. The van der Waals surface area contributed by atoms with Gasteiger partial charge < -0.3 is 14.5 Å². The van der Waals surface area contributed by atoms with E-state index in [1.54, 1.807) is 30.6 Å². The lowest BCUT2D eigenvalue weighted by molar-refractivity contribution is -0.134. The molecule has 2 aromatic heterocycles. The molecule has 1 aromatic carbocycles. The van der Waals surface area contributed by atoms with Gasteiger partial charge in [-0.15, -0.1) is 15.3 Å². The van der Waals surface area contributed by atoms with Gasteiger partial charge in [0.05, 0.1) is 21.5 Å². The molecule has 3 aromatic rings. The van der Waals surface area contributed by atoms with Gasteiger partial charge in [-0.3, -0.25) is 4.79 Å². The number of hydrogen-bond acceptors (Lipinski definition) is 9. The lowest BCUT2D eigenvalue weighted by Crippen LogP contribution is -2.50. The number of carbonyl (C=O) groups excluding carboxylic acids is 1. The van der Waals surface area contributed by atoms with E-state index in [-0.39, 0.29) is 51.5 Å². The minimum atomic E-state index is -4.09. The molecule has 1 saturated carbocycles. The Morgan fingerprint density at radius 1 is 1.10 bits per heavy atom. The van der Waals surface area contributed by atoms with Gasteiger partial charge in [0.15, 0.2) is 5.01 Å². The number of rotatable bonds is 9. The molecule has 40 heavy (non-hydrogen) atoms. The van der Waals surface area contributed by atoms with Crippen molar-refractivity contribution in [1.29, 1.82) is 0 Å². The number of sulfonamides is 1. The molecular weight excluding hydrogens is 578 g/mol. The number of halogens is 4. The second kappa shape index (κ2) is 10.4. The monoisotopic (exact) mass is 605 g/mol. The average Bonchev–Trinajstić information content (AvgIpc) is 3.27. The summed E-state index contributed by atoms with van der Waals surface area (Å²) in [6, 6.07) is 2.57. The molecule has 1 aliphatic carbocycles. The van der Waals surface area contributed by atoms with E-state index in [1.807, 2.05) is 0 Å². The summed E-state index contributed by atoms with van der Waals surface area (Å²) >= 11 is 0.484. The van der Waals surface area contributed by atoms with Crippen LogP contribution < -0.4 is 14.4 Å². The van der Waals surface area contributed by atoms with Crippen LogP contribution in [0.3, 0.4) is 0 Å². The van der Waals surface area contributed by atoms with Crippen LogP contribution in [-0.2, 0) is 14.8 Å². The number of alkyl halides is 4. The van der Waals surface area contributed by atoms with Crippen molar-refractivity contribution in [1.82, 2.24) is 29.6 Å². The summed E-state index contributed by atoms with van der Waals surface area (Å²) in [5.41, 5.74) is -0.366. The second-order valence-electron chi connectivity index (χ2n) is 10.3. The molecule has 0 spiro atoms. The zero-order valence-corrected chi connectivity index (χ0v) is 23.4. The summed E-state index contributed by atoms with van der Waals surface area (Å²) in [4.78, 5) is 15.8. The van der Waals surface area contributed by atoms with E-state index < -0.39 is 39.5 Å². The number of nitrogens with zero attached hydrogens (tertiary/aromatic N) is 6. The van der Waals surface area contributed by atoms with Gasteiger partial charge in [0.2, 0.25) is 26.9 Å². The normalized spacial score (nSPS) is 17.4. The van der Waals surface area contributed by atoms with Crippen molar-refractivity contribution in [2.75, 3.05) is 31.1 Å². The summed E-state index contributed by atoms with van der Waals surface area (Å²) in [6.07, 6.45) is -1.62. The van der Waals surface area contributed by atoms with Crippen LogP contribution in [-0.4, -0.2) is 77.5 Å². The highest BCUT2D eigenvalue weighted by Gasteiger charge is 2.42. The Balaban J connectivity index is 1.67. The molecule has 0 unspecified atom stereocenters. The minimum Gasteiger partial charge on any atom is -0.415 e. The van der Waals surface area contributed by atoms with E-state index in [4.69, 9.17) is 4.74 Å². The molecule has 3 heterocycles. The Hall–Kier alpha value is -3.05. The van der Waals surface area contributed by atoms with Crippen LogP contribution in [0.5, 0.6) is 5.88 Å². The van der Waals surface area contributed by atoms with Crippen molar-refractivity contribution < 1.29 is 35.5 Å².